The van der Waals surface area contributed by atoms with Crippen molar-refractivity contribution in [1.82, 2.24) is 35.5 Å². The molecule has 0 spiro atoms. The van der Waals surface area contributed by atoms with Crippen LogP contribution in [0.4, 0.5) is 15.5 Å². The number of likely N-dealkylation sites (tertiary alicyclic amines) is 1. The van der Waals surface area contributed by atoms with Crippen molar-refractivity contribution >= 4 is 24.0 Å². The number of ether oxygens (including phenoxy) is 1. The van der Waals surface area contributed by atoms with Gasteiger partial charge in [0.1, 0.15) is 11.9 Å². The van der Waals surface area contributed by atoms with Crippen LogP contribution in [0.25, 0.3) is 33.6 Å². The molecule has 1 fully saturated rings. The van der Waals surface area contributed by atoms with Crippen LogP contribution in [0.2, 0.25) is 0 Å². The first-order valence-electron chi connectivity index (χ1n) is 14.8. The van der Waals surface area contributed by atoms with E-state index in [2.05, 4.69) is 43.0 Å². The van der Waals surface area contributed by atoms with E-state index in [1.807, 2.05) is 63.4 Å². The SMILES string of the molecule is CCNC(=O)Nc1nc(-c2ccc(-c3ccc(-c4c[nH]c([C@@H]5CCCN5C(=O)[C@@H](NC(=O)OC)C(C)C)n4)cc3)cc2)c[nH]1. The average molecular weight is 599 g/mol. The molecule has 1 aliphatic heterocycles. The van der Waals surface area contributed by atoms with Gasteiger partial charge in [-0.25, -0.2) is 19.6 Å². The number of H-pyrrole nitrogens is 2. The maximum atomic E-state index is 13.4. The summed E-state index contributed by atoms with van der Waals surface area (Å²) in [6.45, 7) is 6.79. The molecule has 5 N–H and O–H groups in total. The number of alkyl carbamates (subject to hydrolysis) is 1. The number of nitrogens with zero attached hydrogens (tertiary/aromatic N) is 3. The van der Waals surface area contributed by atoms with Crippen molar-refractivity contribution in [2.45, 2.75) is 45.7 Å². The number of amides is 4. The van der Waals surface area contributed by atoms with Crippen molar-refractivity contribution in [2.75, 3.05) is 25.5 Å². The fraction of sp³-hybridized carbons (Fsp3) is 0.344. The lowest BCUT2D eigenvalue weighted by atomic mass is 10.0. The molecule has 12 heteroatoms. The van der Waals surface area contributed by atoms with Gasteiger partial charge in [0.25, 0.3) is 0 Å². The highest BCUT2D eigenvalue weighted by molar-refractivity contribution is 5.88. The molecule has 2 atom stereocenters. The molecular formula is C32H38N8O4. The summed E-state index contributed by atoms with van der Waals surface area (Å²) in [5.74, 6) is 0.888. The highest BCUT2D eigenvalue weighted by atomic mass is 16.5. The van der Waals surface area contributed by atoms with Crippen LogP contribution in [-0.4, -0.2) is 69.1 Å². The zero-order valence-electron chi connectivity index (χ0n) is 25.3. The number of carbonyl (C=O) groups is 3. The molecule has 12 nitrogen and oxygen atoms in total. The molecule has 0 aliphatic carbocycles. The normalized spacial score (nSPS) is 15.2. The topological polar surface area (TPSA) is 157 Å². The summed E-state index contributed by atoms with van der Waals surface area (Å²) in [4.78, 5) is 54.4. The van der Waals surface area contributed by atoms with Crippen LogP contribution in [-0.2, 0) is 9.53 Å². The number of aromatic nitrogens is 4. The summed E-state index contributed by atoms with van der Waals surface area (Å²) in [6.07, 6.45) is 4.65. The van der Waals surface area contributed by atoms with Gasteiger partial charge in [-0.1, -0.05) is 62.4 Å². The Morgan fingerprint density at radius 3 is 2.11 bits per heavy atom. The van der Waals surface area contributed by atoms with Crippen molar-refractivity contribution in [3.05, 3.63) is 66.7 Å². The first kappa shape index (κ1) is 30.3. The standard InChI is InChI=1S/C32H38N8O4/c1-5-33-31(42)39-30-35-18-25(37-30)23-14-10-21(11-15-23)20-8-12-22(13-9-20)24-17-34-28(36-24)26-7-6-16-40(26)29(41)27(19(2)3)38-32(43)44-4/h8-15,17-19,26-27H,5-7,16H2,1-4H3,(H,34,36)(H,38,43)(H3,33,35,37,39,42)/t26-,27-/m0/s1. The van der Waals surface area contributed by atoms with E-state index in [1.165, 1.54) is 7.11 Å². The summed E-state index contributed by atoms with van der Waals surface area (Å²) >= 11 is 0. The molecule has 0 unspecified atom stereocenters. The Morgan fingerprint density at radius 2 is 1.52 bits per heavy atom. The number of carbonyl (C=O) groups excluding carboxylic acids is 3. The second kappa shape index (κ2) is 13.4. The Balaban J connectivity index is 1.25. The van der Waals surface area contributed by atoms with Crippen molar-refractivity contribution in [3.63, 3.8) is 0 Å². The molecule has 3 heterocycles. The summed E-state index contributed by atoms with van der Waals surface area (Å²) in [7, 11) is 1.29. The van der Waals surface area contributed by atoms with E-state index in [0.717, 1.165) is 52.3 Å². The van der Waals surface area contributed by atoms with Gasteiger partial charge in [-0.2, -0.15) is 0 Å². The average Bonchev–Trinajstić information content (AvgIpc) is 3.81. The Morgan fingerprint density at radius 1 is 0.932 bits per heavy atom. The number of nitrogens with one attached hydrogen (secondary N) is 5. The van der Waals surface area contributed by atoms with E-state index < -0.39 is 12.1 Å². The van der Waals surface area contributed by atoms with Gasteiger partial charge in [-0.3, -0.25) is 10.1 Å². The van der Waals surface area contributed by atoms with Crippen LogP contribution >= 0.6 is 0 Å². The largest absolute Gasteiger partial charge is 0.453 e. The molecule has 0 radical (unpaired) electrons. The first-order valence-corrected chi connectivity index (χ1v) is 14.8. The van der Waals surface area contributed by atoms with E-state index in [-0.39, 0.29) is 23.9 Å². The predicted octanol–water partition coefficient (Wildman–Crippen LogP) is 5.32. The third-order valence-electron chi connectivity index (χ3n) is 7.68. The quantitative estimate of drug-likeness (QED) is 0.176. The fourth-order valence-electron chi connectivity index (χ4n) is 5.36. The number of anilines is 1. The van der Waals surface area contributed by atoms with Crippen LogP contribution in [0.1, 0.15) is 45.5 Å². The minimum atomic E-state index is -0.674. The zero-order valence-corrected chi connectivity index (χ0v) is 25.3. The second-order valence-corrected chi connectivity index (χ2v) is 11.0. The Labute approximate surface area is 256 Å². The molecule has 2 aromatic carbocycles. The maximum Gasteiger partial charge on any atom is 0.407 e. The van der Waals surface area contributed by atoms with Crippen molar-refractivity contribution < 1.29 is 19.1 Å². The molecule has 230 valence electrons. The number of urea groups is 1. The van der Waals surface area contributed by atoms with Gasteiger partial charge >= 0.3 is 12.1 Å². The van der Waals surface area contributed by atoms with Crippen molar-refractivity contribution in [1.29, 1.82) is 0 Å². The van der Waals surface area contributed by atoms with Gasteiger partial charge < -0.3 is 30.2 Å². The molecule has 44 heavy (non-hydrogen) atoms. The molecule has 1 aliphatic rings. The number of rotatable bonds is 9. The van der Waals surface area contributed by atoms with Crippen LogP contribution < -0.4 is 16.0 Å². The number of aromatic amines is 2. The Hall–Kier alpha value is -5.13. The monoisotopic (exact) mass is 598 g/mol. The van der Waals surface area contributed by atoms with E-state index in [1.54, 1.807) is 11.1 Å². The zero-order chi connectivity index (χ0) is 31.2. The third kappa shape index (κ3) is 6.74. The van der Waals surface area contributed by atoms with Gasteiger partial charge in [0.2, 0.25) is 11.9 Å². The Kier molecular flexibility index (Phi) is 9.27. The molecule has 4 aromatic rings. The summed E-state index contributed by atoms with van der Waals surface area (Å²) < 4.78 is 4.73. The number of imidazole rings is 2. The van der Waals surface area contributed by atoms with Crippen molar-refractivity contribution in [2.24, 2.45) is 5.92 Å². The lowest BCUT2D eigenvalue weighted by Crippen LogP contribution is -2.51. The van der Waals surface area contributed by atoms with Gasteiger partial charge in [0.15, 0.2) is 0 Å². The minimum Gasteiger partial charge on any atom is -0.453 e. The van der Waals surface area contributed by atoms with Crippen molar-refractivity contribution in [3.8, 4) is 33.6 Å². The highest BCUT2D eigenvalue weighted by Gasteiger charge is 2.37. The highest BCUT2D eigenvalue weighted by Crippen LogP contribution is 2.33. The second-order valence-electron chi connectivity index (χ2n) is 11.0. The van der Waals surface area contributed by atoms with E-state index in [0.29, 0.717) is 19.0 Å². The molecular weight excluding hydrogens is 560 g/mol. The van der Waals surface area contributed by atoms with Gasteiger partial charge in [-0.05, 0) is 36.8 Å². The lowest BCUT2D eigenvalue weighted by molar-refractivity contribution is -0.135. The molecule has 0 bridgehead atoms. The first-order chi connectivity index (χ1) is 21.3. The van der Waals surface area contributed by atoms with E-state index in [9.17, 15) is 14.4 Å². The summed E-state index contributed by atoms with van der Waals surface area (Å²) in [5, 5.41) is 8.03. The van der Waals surface area contributed by atoms with Crippen LogP contribution in [0.5, 0.6) is 0 Å². The molecule has 5 rings (SSSR count). The number of hydrogen-bond donors (Lipinski definition) is 5. The smallest absolute Gasteiger partial charge is 0.407 e. The van der Waals surface area contributed by atoms with Gasteiger partial charge in [0.05, 0.1) is 24.5 Å². The van der Waals surface area contributed by atoms with Crippen LogP contribution in [0, 0.1) is 5.92 Å². The molecule has 0 saturated carbocycles. The summed E-state index contributed by atoms with van der Waals surface area (Å²) in [5.41, 5.74) is 5.52. The van der Waals surface area contributed by atoms with Crippen LogP contribution in [0.15, 0.2) is 60.9 Å². The van der Waals surface area contributed by atoms with E-state index >= 15 is 0 Å². The van der Waals surface area contributed by atoms with Crippen LogP contribution in [0.3, 0.4) is 0 Å². The number of benzene rings is 2. The Bertz CT molecular complexity index is 1590. The van der Waals surface area contributed by atoms with E-state index in [4.69, 9.17) is 9.72 Å². The molecule has 4 amide bonds. The summed E-state index contributed by atoms with van der Waals surface area (Å²) in [6, 6.07) is 15.1. The number of hydrogen-bond acceptors (Lipinski definition) is 6. The lowest BCUT2D eigenvalue weighted by Gasteiger charge is -2.29. The maximum absolute atomic E-state index is 13.4. The van der Waals surface area contributed by atoms with Gasteiger partial charge in [-0.15, -0.1) is 0 Å². The predicted molar refractivity (Wildman–Crippen MR) is 168 cm³/mol. The molecule has 1 saturated heterocycles. The fourth-order valence-corrected chi connectivity index (χ4v) is 5.36. The third-order valence-corrected chi connectivity index (χ3v) is 7.68. The molecule has 2 aromatic heterocycles. The minimum absolute atomic E-state index is 0.0924. The van der Waals surface area contributed by atoms with Gasteiger partial charge in [0, 0.05) is 36.6 Å². The number of methoxy groups -OCH3 is 1.